The monoisotopic (exact) mass is 494 g/mol. The SMILES string of the molecule is O=C(Cc1cc(=O)oc2cc(O[C@@H]3O[C@H](CO)[C@H](O)[C@H](O)[C@H]3O)ccc12)NCCN1CCOCC1. The van der Waals surface area contributed by atoms with Crippen LogP contribution in [-0.4, -0.2) is 108 Å². The van der Waals surface area contributed by atoms with Crippen molar-refractivity contribution in [3.63, 3.8) is 0 Å². The Labute approximate surface area is 200 Å². The summed E-state index contributed by atoms with van der Waals surface area (Å²) in [6.07, 6.45) is -7.19. The molecular weight excluding hydrogens is 464 g/mol. The Morgan fingerprint density at radius 3 is 2.63 bits per heavy atom. The molecule has 2 aromatic rings. The van der Waals surface area contributed by atoms with Crippen LogP contribution in [0.25, 0.3) is 11.0 Å². The minimum absolute atomic E-state index is 0.0157. The van der Waals surface area contributed by atoms with Crippen molar-refractivity contribution in [1.82, 2.24) is 10.2 Å². The van der Waals surface area contributed by atoms with E-state index in [-0.39, 0.29) is 23.7 Å². The van der Waals surface area contributed by atoms with Gasteiger partial charge in [-0.05, 0) is 17.7 Å². The Morgan fingerprint density at radius 2 is 1.89 bits per heavy atom. The highest BCUT2D eigenvalue weighted by molar-refractivity contribution is 5.87. The lowest BCUT2D eigenvalue weighted by atomic mass is 9.99. The van der Waals surface area contributed by atoms with E-state index in [4.69, 9.17) is 18.6 Å². The maximum atomic E-state index is 12.5. The average Bonchev–Trinajstić information content (AvgIpc) is 2.84. The van der Waals surface area contributed by atoms with E-state index < -0.39 is 42.9 Å². The largest absolute Gasteiger partial charge is 0.462 e. The van der Waals surface area contributed by atoms with Crippen molar-refractivity contribution in [3.8, 4) is 5.75 Å². The molecule has 12 heteroatoms. The normalized spacial score (nSPS) is 27.6. The predicted octanol–water partition coefficient (Wildman–Crippen LogP) is -2.04. The minimum atomic E-state index is -1.59. The molecule has 0 spiro atoms. The zero-order valence-corrected chi connectivity index (χ0v) is 19.0. The first-order valence-corrected chi connectivity index (χ1v) is 11.5. The van der Waals surface area contributed by atoms with Gasteiger partial charge in [-0.25, -0.2) is 4.79 Å². The number of ether oxygens (including phenoxy) is 3. The number of aliphatic hydroxyl groups excluding tert-OH is 4. The molecule has 0 bridgehead atoms. The van der Waals surface area contributed by atoms with E-state index in [1.165, 1.54) is 18.2 Å². The van der Waals surface area contributed by atoms with Gasteiger partial charge in [0, 0.05) is 43.7 Å². The summed E-state index contributed by atoms with van der Waals surface area (Å²) < 4.78 is 21.5. The fraction of sp³-hybridized carbons (Fsp3) is 0.565. The molecule has 0 radical (unpaired) electrons. The van der Waals surface area contributed by atoms with Gasteiger partial charge in [0.2, 0.25) is 12.2 Å². The molecule has 1 aromatic heterocycles. The Bertz CT molecular complexity index is 1070. The number of benzene rings is 1. The number of nitrogens with one attached hydrogen (secondary N) is 1. The highest BCUT2D eigenvalue weighted by atomic mass is 16.7. The summed E-state index contributed by atoms with van der Waals surface area (Å²) in [5, 5.41) is 42.7. The van der Waals surface area contributed by atoms with Crippen LogP contribution >= 0.6 is 0 Å². The van der Waals surface area contributed by atoms with Crippen LogP contribution in [0.1, 0.15) is 5.56 Å². The van der Waals surface area contributed by atoms with Crippen molar-refractivity contribution in [2.75, 3.05) is 46.0 Å². The van der Waals surface area contributed by atoms with E-state index in [9.17, 15) is 30.0 Å². The molecule has 2 aliphatic rings. The van der Waals surface area contributed by atoms with E-state index in [2.05, 4.69) is 10.2 Å². The summed E-state index contributed by atoms with van der Waals surface area (Å²) in [5.41, 5.74) is 0.00817. The lowest BCUT2D eigenvalue weighted by Crippen LogP contribution is -2.60. The second-order valence-corrected chi connectivity index (χ2v) is 8.54. The maximum absolute atomic E-state index is 12.5. The molecule has 2 fully saturated rings. The molecule has 5 N–H and O–H groups in total. The number of hydrogen-bond acceptors (Lipinski definition) is 11. The average molecular weight is 494 g/mol. The van der Waals surface area contributed by atoms with Gasteiger partial charge in [-0.1, -0.05) is 0 Å². The Morgan fingerprint density at radius 1 is 1.11 bits per heavy atom. The minimum Gasteiger partial charge on any atom is -0.462 e. The lowest BCUT2D eigenvalue weighted by molar-refractivity contribution is -0.277. The number of nitrogens with zero attached hydrogens (tertiary/aromatic N) is 1. The summed E-state index contributed by atoms with van der Waals surface area (Å²) in [7, 11) is 0. The van der Waals surface area contributed by atoms with Crippen molar-refractivity contribution in [1.29, 1.82) is 0 Å². The zero-order valence-electron chi connectivity index (χ0n) is 19.0. The van der Waals surface area contributed by atoms with E-state index in [1.807, 2.05) is 0 Å². The Kier molecular flexibility index (Phi) is 8.34. The van der Waals surface area contributed by atoms with Crippen molar-refractivity contribution < 1.29 is 43.8 Å². The molecule has 2 saturated heterocycles. The van der Waals surface area contributed by atoms with Gasteiger partial charge in [0.05, 0.1) is 26.2 Å². The second kappa shape index (κ2) is 11.4. The summed E-state index contributed by atoms with van der Waals surface area (Å²) in [4.78, 5) is 26.8. The predicted molar refractivity (Wildman–Crippen MR) is 121 cm³/mol. The van der Waals surface area contributed by atoms with Gasteiger partial charge in [-0.3, -0.25) is 9.69 Å². The van der Waals surface area contributed by atoms with Crippen LogP contribution in [0.2, 0.25) is 0 Å². The molecular formula is C23H30N2O10. The van der Waals surface area contributed by atoms with E-state index in [0.717, 1.165) is 13.1 Å². The molecule has 3 heterocycles. The van der Waals surface area contributed by atoms with Crippen molar-refractivity contribution in [2.24, 2.45) is 0 Å². The van der Waals surface area contributed by atoms with Gasteiger partial charge in [0.1, 0.15) is 35.7 Å². The lowest BCUT2D eigenvalue weighted by Gasteiger charge is -2.39. The zero-order chi connectivity index (χ0) is 24.9. The van der Waals surface area contributed by atoms with E-state index >= 15 is 0 Å². The molecule has 5 atom stereocenters. The van der Waals surface area contributed by atoms with Gasteiger partial charge < -0.3 is 44.4 Å². The Balaban J connectivity index is 1.42. The summed E-state index contributed by atoms with van der Waals surface area (Å²) in [5.74, 6) is -0.0797. The number of aliphatic hydroxyl groups is 4. The van der Waals surface area contributed by atoms with Crippen molar-refractivity contribution in [2.45, 2.75) is 37.1 Å². The number of amides is 1. The first-order chi connectivity index (χ1) is 16.9. The first-order valence-electron chi connectivity index (χ1n) is 11.5. The van der Waals surface area contributed by atoms with Crippen LogP contribution in [0.15, 0.2) is 33.5 Å². The van der Waals surface area contributed by atoms with Gasteiger partial charge in [0.15, 0.2) is 0 Å². The van der Waals surface area contributed by atoms with Crippen molar-refractivity contribution in [3.05, 3.63) is 40.2 Å². The molecule has 1 amide bonds. The first kappa shape index (κ1) is 25.5. The molecule has 2 aliphatic heterocycles. The smallest absolute Gasteiger partial charge is 0.336 e. The molecule has 35 heavy (non-hydrogen) atoms. The second-order valence-electron chi connectivity index (χ2n) is 8.54. The highest BCUT2D eigenvalue weighted by Crippen LogP contribution is 2.27. The molecule has 12 nitrogen and oxygen atoms in total. The number of carbonyl (C=O) groups excluding carboxylic acids is 1. The highest BCUT2D eigenvalue weighted by Gasteiger charge is 2.44. The van der Waals surface area contributed by atoms with Crippen LogP contribution in [0.4, 0.5) is 0 Å². The van der Waals surface area contributed by atoms with Crippen LogP contribution in [-0.2, 0) is 20.7 Å². The van der Waals surface area contributed by atoms with Gasteiger partial charge in [-0.15, -0.1) is 0 Å². The standard InChI is InChI=1S/C23H30N2O10/c26-12-17-20(29)21(30)22(31)23(35-17)33-14-1-2-15-13(10-19(28)34-16(15)11-14)9-18(27)24-3-4-25-5-7-32-8-6-25/h1-2,10-11,17,20-23,26,29-31H,3-9,12H2,(H,24,27)/t17-,20+,21+,22-,23-/m1/s1. The molecule has 1 aromatic carbocycles. The Hall–Kier alpha value is -2.58. The fourth-order valence-electron chi connectivity index (χ4n) is 4.14. The number of hydrogen-bond donors (Lipinski definition) is 5. The quantitative estimate of drug-likeness (QED) is 0.256. The molecule has 0 saturated carbocycles. The third-order valence-corrected chi connectivity index (χ3v) is 6.11. The van der Waals surface area contributed by atoms with Gasteiger partial charge >= 0.3 is 5.63 Å². The molecule has 4 rings (SSSR count). The van der Waals surface area contributed by atoms with Gasteiger partial charge in [-0.2, -0.15) is 0 Å². The molecule has 192 valence electrons. The van der Waals surface area contributed by atoms with Crippen molar-refractivity contribution >= 4 is 16.9 Å². The number of rotatable bonds is 8. The topological polar surface area (TPSA) is 171 Å². The van der Waals surface area contributed by atoms with Gasteiger partial charge in [0.25, 0.3) is 0 Å². The number of fused-ring (bicyclic) bond motifs is 1. The summed E-state index contributed by atoms with van der Waals surface area (Å²) >= 11 is 0. The molecule has 0 aliphatic carbocycles. The maximum Gasteiger partial charge on any atom is 0.336 e. The van der Waals surface area contributed by atoms with E-state index in [1.54, 1.807) is 6.07 Å². The van der Waals surface area contributed by atoms with Crippen LogP contribution in [0, 0.1) is 0 Å². The molecule has 0 unspecified atom stereocenters. The number of carbonyl (C=O) groups is 1. The third kappa shape index (κ3) is 6.16. The van der Waals surface area contributed by atoms with Crippen LogP contribution < -0.4 is 15.7 Å². The van der Waals surface area contributed by atoms with E-state index in [0.29, 0.717) is 37.3 Å². The van der Waals surface area contributed by atoms with Crippen LogP contribution in [0.5, 0.6) is 5.75 Å². The fourth-order valence-corrected chi connectivity index (χ4v) is 4.14. The number of morpholine rings is 1. The summed E-state index contributed by atoms with van der Waals surface area (Å²) in [6.45, 7) is 3.63. The third-order valence-electron chi connectivity index (χ3n) is 6.11. The summed E-state index contributed by atoms with van der Waals surface area (Å²) in [6, 6.07) is 5.80. The van der Waals surface area contributed by atoms with Crippen LogP contribution in [0.3, 0.4) is 0 Å².